The molecular weight excluding hydrogens is 246 g/mol. The minimum atomic E-state index is 0.273. The van der Waals surface area contributed by atoms with E-state index in [0.717, 1.165) is 29.9 Å². The van der Waals surface area contributed by atoms with Crippen LogP contribution in [0.5, 0.6) is 0 Å². The molecule has 0 fully saturated rings. The minimum absolute atomic E-state index is 0.273. The number of hydrogen-bond acceptors (Lipinski definition) is 3. The molecule has 2 heterocycles. The fourth-order valence-corrected chi connectivity index (χ4v) is 2.45. The van der Waals surface area contributed by atoms with Gasteiger partial charge in [0.1, 0.15) is 0 Å². The molecule has 3 nitrogen and oxygen atoms in total. The zero-order chi connectivity index (χ0) is 14.5. The average molecular weight is 269 g/mol. The Balaban J connectivity index is 2.19. The van der Waals surface area contributed by atoms with E-state index in [1.807, 2.05) is 27.1 Å². The summed E-state index contributed by atoms with van der Waals surface area (Å²) in [5, 5.41) is 3.38. The lowest BCUT2D eigenvalue weighted by Gasteiger charge is -2.17. The molecule has 106 valence electrons. The van der Waals surface area contributed by atoms with Crippen LogP contribution >= 0.6 is 0 Å². The van der Waals surface area contributed by atoms with Gasteiger partial charge in [-0.3, -0.25) is 9.97 Å². The van der Waals surface area contributed by atoms with Crippen LogP contribution in [-0.4, -0.2) is 17.0 Å². The fraction of sp³-hybridized carbons (Fsp3) is 0.412. The van der Waals surface area contributed by atoms with Gasteiger partial charge in [-0.05, 0) is 56.6 Å². The van der Waals surface area contributed by atoms with Gasteiger partial charge in [-0.15, -0.1) is 0 Å². The van der Waals surface area contributed by atoms with Crippen LogP contribution < -0.4 is 5.32 Å². The molecular formula is C17H23N3. The minimum Gasteiger partial charge on any atom is -0.313 e. The normalized spacial score (nSPS) is 12.4. The Morgan fingerprint density at radius 1 is 1.15 bits per heavy atom. The molecule has 2 aromatic heterocycles. The van der Waals surface area contributed by atoms with Crippen LogP contribution in [0.15, 0.2) is 30.5 Å². The number of nitrogens with zero attached hydrogens (tertiary/aromatic N) is 2. The second-order valence-electron chi connectivity index (χ2n) is 5.24. The molecule has 20 heavy (non-hydrogen) atoms. The molecule has 0 saturated carbocycles. The Morgan fingerprint density at radius 2 is 1.85 bits per heavy atom. The molecule has 1 unspecified atom stereocenters. The zero-order valence-electron chi connectivity index (χ0n) is 12.8. The van der Waals surface area contributed by atoms with Crippen molar-refractivity contribution in [2.24, 2.45) is 0 Å². The van der Waals surface area contributed by atoms with Crippen molar-refractivity contribution in [2.75, 3.05) is 7.05 Å². The summed E-state index contributed by atoms with van der Waals surface area (Å²) in [4.78, 5) is 8.99. The lowest BCUT2D eigenvalue weighted by molar-refractivity contribution is 0.582. The van der Waals surface area contributed by atoms with Crippen LogP contribution in [0.25, 0.3) is 0 Å². The molecule has 3 heteroatoms. The van der Waals surface area contributed by atoms with E-state index < -0.39 is 0 Å². The molecule has 0 aromatic carbocycles. The molecule has 0 spiro atoms. The zero-order valence-corrected chi connectivity index (χ0v) is 12.8. The predicted octanol–water partition coefficient (Wildman–Crippen LogP) is 3.16. The van der Waals surface area contributed by atoms with Gasteiger partial charge in [-0.1, -0.05) is 13.0 Å². The lowest BCUT2D eigenvalue weighted by atomic mass is 10.0. The van der Waals surface area contributed by atoms with Gasteiger partial charge in [0.2, 0.25) is 0 Å². The van der Waals surface area contributed by atoms with E-state index in [2.05, 4.69) is 46.5 Å². The highest BCUT2D eigenvalue weighted by molar-refractivity contribution is 5.25. The SMILES string of the molecule is CCc1ccc(CC(NC)c2cc(C)nc(C)c2)nc1. The third-order valence-corrected chi connectivity index (χ3v) is 3.56. The van der Waals surface area contributed by atoms with Crippen molar-refractivity contribution in [3.63, 3.8) is 0 Å². The number of rotatable bonds is 5. The second kappa shape index (κ2) is 6.62. The first-order valence-electron chi connectivity index (χ1n) is 7.18. The summed E-state index contributed by atoms with van der Waals surface area (Å²) in [7, 11) is 2.00. The largest absolute Gasteiger partial charge is 0.313 e. The highest BCUT2D eigenvalue weighted by Gasteiger charge is 2.12. The van der Waals surface area contributed by atoms with Gasteiger partial charge in [0.05, 0.1) is 0 Å². The molecule has 0 saturated heterocycles. The molecule has 1 atom stereocenters. The molecule has 0 radical (unpaired) electrons. The smallest absolute Gasteiger partial charge is 0.0422 e. The number of pyridine rings is 2. The maximum Gasteiger partial charge on any atom is 0.0422 e. The molecule has 2 rings (SSSR count). The van der Waals surface area contributed by atoms with Crippen molar-refractivity contribution >= 4 is 0 Å². The van der Waals surface area contributed by atoms with Crippen LogP contribution in [0.1, 0.15) is 41.2 Å². The highest BCUT2D eigenvalue weighted by Crippen LogP contribution is 2.19. The van der Waals surface area contributed by atoms with Gasteiger partial charge in [0, 0.05) is 35.7 Å². The molecule has 0 aliphatic heterocycles. The summed E-state index contributed by atoms with van der Waals surface area (Å²) in [6.45, 7) is 6.23. The first kappa shape index (κ1) is 14.7. The van der Waals surface area contributed by atoms with E-state index in [4.69, 9.17) is 0 Å². The van der Waals surface area contributed by atoms with Crippen molar-refractivity contribution in [1.82, 2.24) is 15.3 Å². The van der Waals surface area contributed by atoms with Crippen LogP contribution in [0.3, 0.4) is 0 Å². The summed E-state index contributed by atoms with van der Waals surface area (Å²) < 4.78 is 0. The summed E-state index contributed by atoms with van der Waals surface area (Å²) in [6.07, 6.45) is 3.90. The molecule has 0 bridgehead atoms. The maximum atomic E-state index is 4.55. The highest BCUT2D eigenvalue weighted by atomic mass is 14.9. The topological polar surface area (TPSA) is 37.8 Å². The third-order valence-electron chi connectivity index (χ3n) is 3.56. The standard InChI is InChI=1S/C17H23N3/c1-5-14-6-7-16(19-11-14)10-17(18-4)15-8-12(2)20-13(3)9-15/h6-9,11,17-18H,5,10H2,1-4H3. The van der Waals surface area contributed by atoms with Crippen LogP contribution in [-0.2, 0) is 12.8 Å². The Bertz CT molecular complexity index is 541. The summed E-state index contributed by atoms with van der Waals surface area (Å²) in [6, 6.07) is 8.86. The number of aromatic nitrogens is 2. The van der Waals surface area contributed by atoms with E-state index >= 15 is 0 Å². The van der Waals surface area contributed by atoms with Gasteiger partial charge in [-0.25, -0.2) is 0 Å². The van der Waals surface area contributed by atoms with Crippen LogP contribution in [0.4, 0.5) is 0 Å². The molecule has 0 aliphatic carbocycles. The van der Waals surface area contributed by atoms with E-state index in [-0.39, 0.29) is 6.04 Å². The fourth-order valence-electron chi connectivity index (χ4n) is 2.45. The Kier molecular flexibility index (Phi) is 4.85. The lowest BCUT2D eigenvalue weighted by Crippen LogP contribution is -2.20. The van der Waals surface area contributed by atoms with E-state index in [1.165, 1.54) is 11.1 Å². The van der Waals surface area contributed by atoms with Crippen molar-refractivity contribution in [3.8, 4) is 0 Å². The van der Waals surface area contributed by atoms with Crippen LogP contribution in [0.2, 0.25) is 0 Å². The molecule has 2 aromatic rings. The number of nitrogens with one attached hydrogen (secondary N) is 1. The van der Waals surface area contributed by atoms with Gasteiger partial charge in [0.25, 0.3) is 0 Å². The second-order valence-corrected chi connectivity index (χ2v) is 5.24. The third kappa shape index (κ3) is 3.64. The van der Waals surface area contributed by atoms with E-state index in [0.29, 0.717) is 0 Å². The van der Waals surface area contributed by atoms with Crippen molar-refractivity contribution < 1.29 is 0 Å². The number of hydrogen-bond donors (Lipinski definition) is 1. The average Bonchev–Trinajstić information content (AvgIpc) is 2.44. The quantitative estimate of drug-likeness (QED) is 0.906. The summed E-state index contributed by atoms with van der Waals surface area (Å²) in [5.41, 5.74) is 5.81. The summed E-state index contributed by atoms with van der Waals surface area (Å²) in [5.74, 6) is 0. The Hall–Kier alpha value is -1.74. The maximum absolute atomic E-state index is 4.55. The monoisotopic (exact) mass is 269 g/mol. The molecule has 0 amide bonds. The number of likely N-dealkylation sites (N-methyl/N-ethyl adjacent to an activating group) is 1. The Morgan fingerprint density at radius 3 is 2.35 bits per heavy atom. The van der Waals surface area contributed by atoms with Gasteiger partial charge in [-0.2, -0.15) is 0 Å². The van der Waals surface area contributed by atoms with E-state index in [1.54, 1.807) is 0 Å². The van der Waals surface area contributed by atoms with Crippen molar-refractivity contribution in [1.29, 1.82) is 0 Å². The first-order valence-corrected chi connectivity index (χ1v) is 7.18. The predicted molar refractivity (Wildman–Crippen MR) is 82.8 cm³/mol. The summed E-state index contributed by atoms with van der Waals surface area (Å²) >= 11 is 0. The van der Waals surface area contributed by atoms with Gasteiger partial charge >= 0.3 is 0 Å². The molecule has 0 aliphatic rings. The van der Waals surface area contributed by atoms with Gasteiger partial charge in [0.15, 0.2) is 0 Å². The number of aryl methyl sites for hydroxylation is 3. The first-order chi connectivity index (χ1) is 9.62. The van der Waals surface area contributed by atoms with Crippen LogP contribution in [0, 0.1) is 13.8 Å². The van der Waals surface area contributed by atoms with E-state index in [9.17, 15) is 0 Å². The Labute approximate surface area is 121 Å². The van der Waals surface area contributed by atoms with Crippen molar-refractivity contribution in [2.45, 2.75) is 39.7 Å². The molecule has 1 N–H and O–H groups in total. The van der Waals surface area contributed by atoms with Gasteiger partial charge < -0.3 is 5.32 Å². The van der Waals surface area contributed by atoms with Crippen molar-refractivity contribution in [3.05, 3.63) is 58.7 Å².